The average Bonchev–Trinajstić information content (AvgIpc) is 3.38. The summed E-state index contributed by atoms with van der Waals surface area (Å²) in [6.07, 6.45) is 5.28. The van der Waals surface area contributed by atoms with Crippen molar-refractivity contribution in [1.29, 1.82) is 0 Å². The molecular formula is C27H28N2O5S. The van der Waals surface area contributed by atoms with Gasteiger partial charge in [-0.05, 0) is 65.9 Å². The van der Waals surface area contributed by atoms with Gasteiger partial charge in [0.25, 0.3) is 10.0 Å². The molecule has 8 heteroatoms. The number of fused-ring (bicyclic) bond motifs is 3. The highest BCUT2D eigenvalue weighted by Crippen LogP contribution is 2.50. The number of allylic oxidation sites excluding steroid dienone is 2. The Morgan fingerprint density at radius 3 is 2.49 bits per heavy atom. The molecule has 1 heterocycles. The molecule has 0 saturated heterocycles. The van der Waals surface area contributed by atoms with Crippen molar-refractivity contribution in [2.75, 3.05) is 31.4 Å². The minimum atomic E-state index is -3.84. The SMILES string of the molecule is COc1cccc([C@H]2Nc3ccc(S(=O)(=O)Nc4ccc(OC)cc4OC)cc3[C@H]3C=CC[C@H]32)c1. The van der Waals surface area contributed by atoms with Crippen LogP contribution in [0, 0.1) is 5.92 Å². The minimum absolute atomic E-state index is 0.0988. The van der Waals surface area contributed by atoms with Gasteiger partial charge >= 0.3 is 0 Å². The van der Waals surface area contributed by atoms with Crippen LogP contribution in [0.5, 0.6) is 17.2 Å². The molecule has 3 atom stereocenters. The Kier molecular flexibility index (Phi) is 6.06. The van der Waals surface area contributed by atoms with Crippen LogP contribution >= 0.6 is 0 Å². The molecule has 0 spiro atoms. The molecule has 0 amide bonds. The Labute approximate surface area is 205 Å². The zero-order valence-corrected chi connectivity index (χ0v) is 20.6. The molecule has 2 aliphatic rings. The predicted octanol–water partition coefficient (Wildman–Crippen LogP) is 5.34. The number of ether oxygens (including phenoxy) is 3. The van der Waals surface area contributed by atoms with Gasteiger partial charge in [-0.15, -0.1) is 0 Å². The Bertz CT molecular complexity index is 1390. The van der Waals surface area contributed by atoms with E-state index in [4.69, 9.17) is 14.2 Å². The molecule has 35 heavy (non-hydrogen) atoms. The maximum absolute atomic E-state index is 13.3. The van der Waals surface area contributed by atoms with Gasteiger partial charge in [-0.25, -0.2) is 8.42 Å². The van der Waals surface area contributed by atoms with Gasteiger partial charge in [0.05, 0.1) is 38.0 Å². The first-order valence-corrected chi connectivity index (χ1v) is 12.9. The van der Waals surface area contributed by atoms with Gasteiger partial charge in [0, 0.05) is 17.7 Å². The second kappa shape index (κ2) is 9.19. The highest BCUT2D eigenvalue weighted by molar-refractivity contribution is 7.92. The number of hydrogen-bond acceptors (Lipinski definition) is 6. The molecule has 1 aliphatic heterocycles. The molecule has 0 unspecified atom stereocenters. The lowest BCUT2D eigenvalue weighted by Crippen LogP contribution is -2.29. The average molecular weight is 493 g/mol. The quantitative estimate of drug-likeness (QED) is 0.433. The van der Waals surface area contributed by atoms with E-state index in [0.29, 0.717) is 17.2 Å². The third-order valence-corrected chi connectivity index (χ3v) is 8.11. The summed E-state index contributed by atoms with van der Waals surface area (Å²) in [6.45, 7) is 0. The summed E-state index contributed by atoms with van der Waals surface area (Å²) in [5, 5.41) is 3.65. The summed E-state index contributed by atoms with van der Waals surface area (Å²) >= 11 is 0. The summed E-state index contributed by atoms with van der Waals surface area (Å²) in [4.78, 5) is 0.204. The molecule has 0 saturated carbocycles. The molecule has 0 fully saturated rings. The van der Waals surface area contributed by atoms with Gasteiger partial charge in [-0.2, -0.15) is 0 Å². The molecule has 0 radical (unpaired) electrons. The normalized spacial score (nSPS) is 20.4. The lowest BCUT2D eigenvalue weighted by atomic mass is 9.77. The van der Waals surface area contributed by atoms with Gasteiger partial charge in [0.2, 0.25) is 0 Å². The van der Waals surface area contributed by atoms with Crippen molar-refractivity contribution in [3.05, 3.63) is 83.9 Å². The Morgan fingerprint density at radius 2 is 1.71 bits per heavy atom. The van der Waals surface area contributed by atoms with Gasteiger partial charge in [-0.1, -0.05) is 24.3 Å². The van der Waals surface area contributed by atoms with Gasteiger partial charge in [0.1, 0.15) is 17.2 Å². The van der Waals surface area contributed by atoms with E-state index in [1.165, 1.54) is 7.11 Å². The third-order valence-electron chi connectivity index (χ3n) is 6.75. The second-order valence-electron chi connectivity index (χ2n) is 8.67. The van der Waals surface area contributed by atoms with E-state index in [9.17, 15) is 8.42 Å². The van der Waals surface area contributed by atoms with Crippen LogP contribution < -0.4 is 24.2 Å². The number of rotatable bonds is 7. The molecule has 182 valence electrons. The summed E-state index contributed by atoms with van der Waals surface area (Å²) in [5.41, 5.74) is 3.42. The lowest BCUT2D eigenvalue weighted by molar-refractivity contribution is 0.395. The maximum atomic E-state index is 13.3. The maximum Gasteiger partial charge on any atom is 0.262 e. The van der Waals surface area contributed by atoms with E-state index in [-0.39, 0.29) is 22.8 Å². The zero-order valence-electron chi connectivity index (χ0n) is 19.8. The van der Waals surface area contributed by atoms with Crippen molar-refractivity contribution in [1.82, 2.24) is 0 Å². The molecule has 1 aliphatic carbocycles. The van der Waals surface area contributed by atoms with Crippen molar-refractivity contribution in [2.24, 2.45) is 5.92 Å². The second-order valence-corrected chi connectivity index (χ2v) is 10.4. The summed E-state index contributed by atoms with van der Waals surface area (Å²) in [6, 6.07) is 18.4. The Morgan fingerprint density at radius 1 is 0.914 bits per heavy atom. The molecule has 3 aromatic rings. The van der Waals surface area contributed by atoms with Crippen LogP contribution in [0.15, 0.2) is 77.7 Å². The van der Waals surface area contributed by atoms with Gasteiger partial charge < -0.3 is 19.5 Å². The van der Waals surface area contributed by atoms with Crippen molar-refractivity contribution in [3.8, 4) is 17.2 Å². The van der Waals surface area contributed by atoms with Crippen molar-refractivity contribution >= 4 is 21.4 Å². The first-order valence-electron chi connectivity index (χ1n) is 11.4. The first-order chi connectivity index (χ1) is 16.9. The number of anilines is 2. The van der Waals surface area contributed by atoms with Crippen LogP contribution in [0.2, 0.25) is 0 Å². The van der Waals surface area contributed by atoms with Crippen LogP contribution in [0.3, 0.4) is 0 Å². The van der Waals surface area contributed by atoms with Crippen molar-refractivity contribution in [3.63, 3.8) is 0 Å². The molecule has 0 bridgehead atoms. The van der Waals surface area contributed by atoms with E-state index in [0.717, 1.165) is 29.0 Å². The van der Waals surface area contributed by atoms with Crippen LogP contribution in [0.1, 0.15) is 29.5 Å². The smallest absolute Gasteiger partial charge is 0.262 e. The summed E-state index contributed by atoms with van der Waals surface area (Å²) in [7, 11) is 0.859. The number of sulfonamides is 1. The lowest BCUT2D eigenvalue weighted by Gasteiger charge is -2.37. The fraction of sp³-hybridized carbons (Fsp3) is 0.259. The van der Waals surface area contributed by atoms with E-state index in [1.54, 1.807) is 44.6 Å². The fourth-order valence-corrected chi connectivity index (χ4v) is 6.10. The van der Waals surface area contributed by atoms with Crippen LogP contribution in [0.25, 0.3) is 0 Å². The zero-order chi connectivity index (χ0) is 24.6. The fourth-order valence-electron chi connectivity index (χ4n) is 4.99. The Hall–Kier alpha value is -3.65. The van der Waals surface area contributed by atoms with E-state index in [2.05, 4.69) is 34.3 Å². The van der Waals surface area contributed by atoms with Crippen molar-refractivity contribution < 1.29 is 22.6 Å². The van der Waals surface area contributed by atoms with E-state index < -0.39 is 10.0 Å². The third kappa shape index (κ3) is 4.30. The molecule has 3 aromatic carbocycles. The number of hydrogen-bond donors (Lipinski definition) is 2. The van der Waals surface area contributed by atoms with Gasteiger partial charge in [0.15, 0.2) is 0 Å². The van der Waals surface area contributed by atoms with Crippen molar-refractivity contribution in [2.45, 2.75) is 23.3 Å². The molecular weight excluding hydrogens is 464 g/mol. The standard InChI is InChI=1S/C27H28N2O5S/c1-32-18-7-4-6-17(14-18)27-22-9-5-8-21(22)23-16-20(11-13-24(23)28-27)35(30,31)29-25-12-10-19(33-2)15-26(25)34-3/h4-8,10-16,21-22,27-29H,9H2,1-3H3/t21-,22+,27+/m0/s1. The predicted molar refractivity (Wildman–Crippen MR) is 136 cm³/mol. The monoisotopic (exact) mass is 492 g/mol. The molecule has 5 rings (SSSR count). The van der Waals surface area contributed by atoms with Crippen LogP contribution in [-0.2, 0) is 10.0 Å². The topological polar surface area (TPSA) is 85.9 Å². The van der Waals surface area contributed by atoms with E-state index >= 15 is 0 Å². The van der Waals surface area contributed by atoms with E-state index in [1.807, 2.05) is 18.2 Å². The van der Waals surface area contributed by atoms with Crippen LogP contribution in [-0.4, -0.2) is 29.7 Å². The molecule has 2 N–H and O–H groups in total. The molecule has 0 aromatic heterocycles. The largest absolute Gasteiger partial charge is 0.497 e. The highest BCUT2D eigenvalue weighted by atomic mass is 32.2. The number of benzene rings is 3. The number of methoxy groups -OCH3 is 3. The Balaban J connectivity index is 1.47. The van der Waals surface area contributed by atoms with Crippen LogP contribution in [0.4, 0.5) is 11.4 Å². The molecule has 7 nitrogen and oxygen atoms in total. The highest BCUT2D eigenvalue weighted by Gasteiger charge is 2.38. The summed E-state index contributed by atoms with van der Waals surface area (Å²) < 4.78 is 45.3. The summed E-state index contributed by atoms with van der Waals surface area (Å²) in [5.74, 6) is 2.18. The minimum Gasteiger partial charge on any atom is -0.497 e. The number of nitrogens with one attached hydrogen (secondary N) is 2. The first kappa shape index (κ1) is 23.1. The van der Waals surface area contributed by atoms with Gasteiger partial charge in [-0.3, -0.25) is 4.72 Å².